The molecule has 0 aliphatic carbocycles. The van der Waals surface area contributed by atoms with Crippen LogP contribution in [-0.4, -0.2) is 43.8 Å². The molecule has 2 amide bonds. The zero-order valence-corrected chi connectivity index (χ0v) is 29.6. The van der Waals surface area contributed by atoms with Gasteiger partial charge in [0, 0.05) is 37.7 Å². The quantitative estimate of drug-likeness (QED) is 0.140. The number of hydrogen-bond acceptors (Lipinski definition) is 8. The van der Waals surface area contributed by atoms with Crippen molar-refractivity contribution in [2.24, 2.45) is 5.10 Å². The van der Waals surface area contributed by atoms with Gasteiger partial charge in [0.25, 0.3) is 11.8 Å². The molecular weight excluding hydrogens is 705 g/mol. The predicted molar refractivity (Wildman–Crippen MR) is 200 cm³/mol. The van der Waals surface area contributed by atoms with Crippen molar-refractivity contribution in [1.82, 2.24) is 20.2 Å². The summed E-state index contributed by atoms with van der Waals surface area (Å²) in [4.78, 5) is 26.9. The Kier molecular flexibility index (Phi) is 9.85. The molecule has 0 radical (unpaired) electrons. The van der Waals surface area contributed by atoms with Gasteiger partial charge in [-0.2, -0.15) is 14.8 Å². The van der Waals surface area contributed by atoms with Gasteiger partial charge in [0.2, 0.25) is 11.3 Å². The first kappa shape index (κ1) is 34.0. The van der Waals surface area contributed by atoms with Crippen LogP contribution in [0, 0.1) is 6.92 Å². The van der Waals surface area contributed by atoms with Crippen molar-refractivity contribution in [3.05, 3.63) is 154 Å². The molecule has 2 unspecified atom stereocenters. The Morgan fingerprint density at radius 1 is 0.863 bits per heavy atom. The van der Waals surface area contributed by atoms with Gasteiger partial charge in [-0.15, -0.1) is 5.10 Å². The molecule has 5 aromatic carbocycles. The number of para-hydroxylation sites is 1. The molecule has 254 valence electrons. The number of thioether (sulfide) groups is 1. The molecule has 51 heavy (non-hydrogen) atoms. The molecule has 2 atom stereocenters. The summed E-state index contributed by atoms with van der Waals surface area (Å²) < 4.78 is 8.31. The van der Waals surface area contributed by atoms with E-state index in [1.54, 1.807) is 65.3 Å². The number of hydrazone groups is 1. The molecule has 13 heteroatoms. The second kappa shape index (κ2) is 14.8. The number of ether oxygens (including phenoxy) is 1. The minimum Gasteiger partial charge on any atom is -0.474 e. The Morgan fingerprint density at radius 3 is 2.25 bits per heavy atom. The normalized spacial score (nSPS) is 14.7. The lowest BCUT2D eigenvalue weighted by atomic mass is 10.0. The lowest BCUT2D eigenvalue weighted by Gasteiger charge is -2.21. The van der Waals surface area contributed by atoms with E-state index in [0.717, 1.165) is 16.8 Å². The molecular formula is C38H29Cl2N7O3S. The molecule has 1 aliphatic rings. The number of amides is 2. The van der Waals surface area contributed by atoms with Crippen LogP contribution in [0.4, 0.5) is 11.4 Å². The summed E-state index contributed by atoms with van der Waals surface area (Å²) >= 11 is 13.6. The van der Waals surface area contributed by atoms with Crippen LogP contribution in [0.3, 0.4) is 0 Å². The Morgan fingerprint density at radius 2 is 1.55 bits per heavy atom. The number of rotatable bonds is 10. The number of aromatic nitrogens is 4. The van der Waals surface area contributed by atoms with Crippen LogP contribution in [0.5, 0.6) is 5.75 Å². The number of tetrazole rings is 1. The molecule has 0 saturated heterocycles. The number of anilines is 2. The molecule has 0 fully saturated rings. The summed E-state index contributed by atoms with van der Waals surface area (Å²) in [5.41, 5.74) is 5.37. The van der Waals surface area contributed by atoms with Gasteiger partial charge in [0.05, 0.1) is 11.4 Å². The van der Waals surface area contributed by atoms with Crippen LogP contribution in [-0.2, 0) is 4.79 Å². The van der Waals surface area contributed by atoms with Crippen molar-refractivity contribution in [1.29, 1.82) is 0 Å². The van der Waals surface area contributed by atoms with Crippen molar-refractivity contribution < 1.29 is 14.3 Å². The predicted octanol–water partition coefficient (Wildman–Crippen LogP) is 8.58. The molecule has 1 aromatic heterocycles. The number of benzene rings is 5. The zero-order valence-electron chi connectivity index (χ0n) is 27.3. The molecule has 6 aromatic rings. The van der Waals surface area contributed by atoms with Crippen molar-refractivity contribution in [2.45, 2.75) is 30.4 Å². The first-order valence-electron chi connectivity index (χ1n) is 15.9. The average molecular weight is 735 g/mol. The van der Waals surface area contributed by atoms with Gasteiger partial charge in [-0.1, -0.05) is 83.0 Å². The fourth-order valence-corrected chi connectivity index (χ4v) is 6.68. The maximum Gasteiger partial charge on any atom is 0.294 e. The van der Waals surface area contributed by atoms with Gasteiger partial charge in [0.1, 0.15) is 11.5 Å². The van der Waals surface area contributed by atoms with Gasteiger partial charge in [0.15, 0.2) is 0 Å². The third-order valence-electron chi connectivity index (χ3n) is 8.08. The summed E-state index contributed by atoms with van der Waals surface area (Å²) in [6.07, 6.45) is -1.07. The lowest BCUT2D eigenvalue weighted by molar-refractivity contribution is -0.121. The number of hydrogen-bond donors (Lipinski definition) is 1. The van der Waals surface area contributed by atoms with Crippen LogP contribution < -0.4 is 15.1 Å². The summed E-state index contributed by atoms with van der Waals surface area (Å²) in [6.45, 7) is 4.05. The minimum atomic E-state index is -1.07. The van der Waals surface area contributed by atoms with E-state index < -0.39 is 6.10 Å². The van der Waals surface area contributed by atoms with Crippen LogP contribution >= 0.6 is 35.0 Å². The fraction of sp³-hybridized carbons (Fsp3) is 0.105. The third-order valence-corrected chi connectivity index (χ3v) is 9.65. The summed E-state index contributed by atoms with van der Waals surface area (Å²) in [7, 11) is 0. The third kappa shape index (κ3) is 7.51. The molecule has 0 bridgehead atoms. The largest absolute Gasteiger partial charge is 0.474 e. The second-order valence-electron chi connectivity index (χ2n) is 11.7. The van der Waals surface area contributed by atoms with Gasteiger partial charge in [-0.3, -0.25) is 9.59 Å². The second-order valence-corrected chi connectivity index (χ2v) is 13.8. The summed E-state index contributed by atoms with van der Waals surface area (Å²) in [5.74, 6) is -0.134. The van der Waals surface area contributed by atoms with Gasteiger partial charge >= 0.3 is 0 Å². The highest BCUT2D eigenvalue weighted by atomic mass is 35.5. The minimum absolute atomic E-state index is 0.160. The Bertz CT molecular complexity index is 2230. The van der Waals surface area contributed by atoms with Crippen molar-refractivity contribution in [2.75, 3.05) is 10.3 Å². The Labute approximate surface area is 308 Å². The maximum absolute atomic E-state index is 14.2. The molecule has 7 rings (SSSR count). The van der Waals surface area contributed by atoms with E-state index >= 15 is 0 Å². The molecule has 10 nitrogen and oxygen atoms in total. The van der Waals surface area contributed by atoms with Gasteiger partial charge in [-0.05, 0) is 103 Å². The number of carbonyl (C=O) groups excluding carboxylic acids is 2. The number of nitrogens with one attached hydrogen (secondary N) is 1. The zero-order chi connectivity index (χ0) is 35.5. The number of aryl methyl sites for hydroxylation is 1. The SMILES string of the molecule is Cc1ccc(OC2C(=O)N(c3ccc(NC(=O)c4ccc(Cl)cc4)cc3)N=C2c2ccc(Cl)cc2)c(C(C)Sc2nnnn2-c2ccccc2)c1. The van der Waals surface area contributed by atoms with Gasteiger partial charge < -0.3 is 10.1 Å². The van der Waals surface area contributed by atoms with E-state index in [9.17, 15) is 9.59 Å². The van der Waals surface area contributed by atoms with E-state index in [1.807, 2.05) is 74.5 Å². The van der Waals surface area contributed by atoms with E-state index in [4.69, 9.17) is 33.0 Å². The molecule has 1 aliphatic heterocycles. The number of carbonyl (C=O) groups is 2. The average Bonchev–Trinajstić information content (AvgIpc) is 3.74. The summed E-state index contributed by atoms with van der Waals surface area (Å²) in [5, 5.41) is 22.9. The number of halogens is 2. The molecule has 0 spiro atoms. The van der Waals surface area contributed by atoms with Crippen molar-refractivity contribution >= 4 is 63.9 Å². The monoisotopic (exact) mass is 733 g/mol. The Balaban J connectivity index is 1.16. The van der Waals surface area contributed by atoms with Crippen LogP contribution in [0.2, 0.25) is 10.0 Å². The maximum atomic E-state index is 14.2. The van der Waals surface area contributed by atoms with Crippen LogP contribution in [0.15, 0.2) is 132 Å². The van der Waals surface area contributed by atoms with Crippen molar-refractivity contribution in [3.63, 3.8) is 0 Å². The smallest absolute Gasteiger partial charge is 0.294 e. The highest BCUT2D eigenvalue weighted by Crippen LogP contribution is 2.40. The standard InChI is InChI=1S/C38H29Cl2N7O3S/c1-23-8-21-33(32(22-23)24(2)51-38-42-44-45-47(38)30-6-4-3-5-7-30)50-35-34(25-9-13-27(39)14-10-25)43-46(37(35)49)31-19-17-29(18-20-31)41-36(48)26-11-15-28(40)16-12-26/h3-22,24,35H,1-2H3,(H,41,48). The first-order valence-corrected chi connectivity index (χ1v) is 17.5. The van der Waals surface area contributed by atoms with E-state index in [2.05, 4.69) is 20.8 Å². The van der Waals surface area contributed by atoms with Crippen LogP contribution in [0.1, 0.15) is 39.2 Å². The van der Waals surface area contributed by atoms with Gasteiger partial charge in [-0.25, -0.2) is 0 Å². The molecule has 0 saturated carbocycles. The highest BCUT2D eigenvalue weighted by molar-refractivity contribution is 7.99. The Hall–Kier alpha value is -5.49. The highest BCUT2D eigenvalue weighted by Gasteiger charge is 2.40. The van der Waals surface area contributed by atoms with Crippen molar-refractivity contribution in [3.8, 4) is 11.4 Å². The van der Waals surface area contributed by atoms with E-state index in [-0.39, 0.29) is 17.1 Å². The van der Waals surface area contributed by atoms with E-state index in [1.165, 1.54) is 16.8 Å². The molecule has 2 heterocycles. The fourth-order valence-electron chi connectivity index (χ4n) is 5.47. The first-order chi connectivity index (χ1) is 24.7. The number of nitrogens with zero attached hydrogens (tertiary/aromatic N) is 6. The topological polar surface area (TPSA) is 115 Å². The lowest BCUT2D eigenvalue weighted by Crippen LogP contribution is -2.37. The summed E-state index contributed by atoms with van der Waals surface area (Å²) in [6, 6.07) is 36.1. The van der Waals surface area contributed by atoms with E-state index in [0.29, 0.717) is 49.2 Å². The van der Waals surface area contributed by atoms with Crippen LogP contribution in [0.25, 0.3) is 5.69 Å². The molecule has 1 N–H and O–H groups in total.